The number of benzene rings is 1. The molecule has 1 aromatic carbocycles. The monoisotopic (exact) mass is 308 g/mol. The molecule has 0 fully saturated rings. The van der Waals surface area contributed by atoms with E-state index in [1.165, 1.54) is 0 Å². The number of thiophene rings is 1. The minimum Gasteiger partial charge on any atom is -0.376 e. The van der Waals surface area contributed by atoms with E-state index in [-0.39, 0.29) is 18.5 Å². The summed E-state index contributed by atoms with van der Waals surface area (Å²) in [6, 6.07) is 9.65. The van der Waals surface area contributed by atoms with Crippen molar-refractivity contribution in [2.75, 3.05) is 11.9 Å². The van der Waals surface area contributed by atoms with Gasteiger partial charge in [0.05, 0.1) is 12.6 Å². The van der Waals surface area contributed by atoms with Crippen LogP contribution in [0.1, 0.15) is 23.4 Å². The molecule has 0 saturated carbocycles. The standard InChI is InChI=1S/C15H17ClN2OS/c1-10-12(16)5-3-6-13(10)17-9-15(19)18-11(2)14-7-4-8-20-14/h3-8,11,17H,9H2,1-2H3,(H,18,19). The number of hydrogen-bond donors (Lipinski definition) is 2. The quantitative estimate of drug-likeness (QED) is 0.876. The van der Waals surface area contributed by atoms with Crippen LogP contribution in [0.3, 0.4) is 0 Å². The van der Waals surface area contributed by atoms with Crippen LogP contribution in [0.2, 0.25) is 5.02 Å². The number of carbonyl (C=O) groups is 1. The number of nitrogens with one attached hydrogen (secondary N) is 2. The van der Waals surface area contributed by atoms with E-state index in [4.69, 9.17) is 11.6 Å². The molecular formula is C15H17ClN2OS. The van der Waals surface area contributed by atoms with Gasteiger partial charge in [-0.3, -0.25) is 4.79 Å². The zero-order valence-electron chi connectivity index (χ0n) is 11.4. The van der Waals surface area contributed by atoms with E-state index < -0.39 is 0 Å². The molecule has 0 bridgehead atoms. The predicted octanol–water partition coefficient (Wildman–Crippen LogP) is 4.00. The highest BCUT2D eigenvalue weighted by Crippen LogP contribution is 2.22. The maximum Gasteiger partial charge on any atom is 0.239 e. The van der Waals surface area contributed by atoms with E-state index >= 15 is 0 Å². The SMILES string of the molecule is Cc1c(Cl)cccc1NCC(=O)NC(C)c1cccs1. The number of hydrogen-bond acceptors (Lipinski definition) is 3. The van der Waals surface area contributed by atoms with Crippen molar-refractivity contribution < 1.29 is 4.79 Å². The van der Waals surface area contributed by atoms with Crippen LogP contribution in [0.25, 0.3) is 0 Å². The van der Waals surface area contributed by atoms with E-state index in [2.05, 4.69) is 10.6 Å². The Balaban J connectivity index is 1.88. The molecule has 0 radical (unpaired) electrons. The molecule has 1 amide bonds. The van der Waals surface area contributed by atoms with Crippen molar-refractivity contribution in [3.8, 4) is 0 Å². The number of carbonyl (C=O) groups excluding carboxylic acids is 1. The third kappa shape index (κ3) is 3.74. The molecule has 1 unspecified atom stereocenters. The molecule has 0 aliphatic heterocycles. The minimum absolute atomic E-state index is 0.0322. The molecule has 0 aliphatic carbocycles. The molecule has 106 valence electrons. The molecule has 2 N–H and O–H groups in total. The van der Waals surface area contributed by atoms with Crippen molar-refractivity contribution in [1.82, 2.24) is 5.32 Å². The zero-order chi connectivity index (χ0) is 14.5. The normalized spacial score (nSPS) is 11.9. The molecule has 5 heteroatoms. The van der Waals surface area contributed by atoms with Crippen LogP contribution in [0.15, 0.2) is 35.7 Å². The Labute approximate surface area is 128 Å². The van der Waals surface area contributed by atoms with Gasteiger partial charge in [0.25, 0.3) is 0 Å². The van der Waals surface area contributed by atoms with E-state index in [9.17, 15) is 4.79 Å². The second-order valence-electron chi connectivity index (χ2n) is 4.57. The summed E-state index contributed by atoms with van der Waals surface area (Å²) in [5.74, 6) is -0.0368. The summed E-state index contributed by atoms with van der Waals surface area (Å²) in [6.07, 6.45) is 0. The number of halogens is 1. The van der Waals surface area contributed by atoms with E-state index in [1.807, 2.05) is 49.6 Å². The zero-order valence-corrected chi connectivity index (χ0v) is 13.0. The molecule has 3 nitrogen and oxygen atoms in total. The molecule has 0 spiro atoms. The van der Waals surface area contributed by atoms with Gasteiger partial charge in [0, 0.05) is 15.6 Å². The van der Waals surface area contributed by atoms with Gasteiger partial charge in [0.2, 0.25) is 5.91 Å². The van der Waals surface area contributed by atoms with Gasteiger partial charge in [0.1, 0.15) is 0 Å². The summed E-state index contributed by atoms with van der Waals surface area (Å²) in [6.45, 7) is 4.14. The van der Waals surface area contributed by atoms with Crippen LogP contribution < -0.4 is 10.6 Å². The van der Waals surface area contributed by atoms with E-state index in [0.29, 0.717) is 5.02 Å². The molecular weight excluding hydrogens is 292 g/mol. The molecule has 2 aromatic rings. The molecule has 1 aromatic heterocycles. The maximum atomic E-state index is 11.9. The minimum atomic E-state index is -0.0368. The highest BCUT2D eigenvalue weighted by Gasteiger charge is 2.10. The highest BCUT2D eigenvalue weighted by atomic mass is 35.5. The van der Waals surface area contributed by atoms with Crippen LogP contribution in [-0.4, -0.2) is 12.5 Å². The van der Waals surface area contributed by atoms with Gasteiger partial charge < -0.3 is 10.6 Å². The lowest BCUT2D eigenvalue weighted by Crippen LogP contribution is -2.31. The summed E-state index contributed by atoms with van der Waals surface area (Å²) >= 11 is 7.68. The Morgan fingerprint density at radius 2 is 2.15 bits per heavy atom. The highest BCUT2D eigenvalue weighted by molar-refractivity contribution is 7.10. The topological polar surface area (TPSA) is 41.1 Å². The van der Waals surface area contributed by atoms with Crippen LogP contribution in [0, 0.1) is 6.92 Å². The first-order valence-electron chi connectivity index (χ1n) is 6.39. The Hall–Kier alpha value is -1.52. The average molecular weight is 309 g/mol. The molecule has 20 heavy (non-hydrogen) atoms. The maximum absolute atomic E-state index is 11.9. The molecule has 1 atom stereocenters. The Morgan fingerprint density at radius 1 is 1.35 bits per heavy atom. The van der Waals surface area contributed by atoms with Crippen molar-refractivity contribution in [2.24, 2.45) is 0 Å². The summed E-state index contributed by atoms with van der Waals surface area (Å²) in [7, 11) is 0. The first-order valence-corrected chi connectivity index (χ1v) is 7.65. The van der Waals surface area contributed by atoms with E-state index in [0.717, 1.165) is 16.1 Å². The Bertz CT molecular complexity index is 584. The van der Waals surface area contributed by atoms with Gasteiger partial charge in [-0.05, 0) is 43.0 Å². The van der Waals surface area contributed by atoms with Crippen LogP contribution in [-0.2, 0) is 4.79 Å². The summed E-state index contributed by atoms with van der Waals surface area (Å²) in [5, 5.41) is 8.78. The van der Waals surface area contributed by atoms with Gasteiger partial charge in [-0.1, -0.05) is 23.7 Å². The van der Waals surface area contributed by atoms with Gasteiger partial charge in [-0.2, -0.15) is 0 Å². The third-order valence-electron chi connectivity index (χ3n) is 3.05. The molecule has 0 saturated heterocycles. The lowest BCUT2D eigenvalue weighted by Gasteiger charge is -2.14. The fourth-order valence-electron chi connectivity index (χ4n) is 1.88. The number of anilines is 1. The largest absolute Gasteiger partial charge is 0.376 e. The fourth-order valence-corrected chi connectivity index (χ4v) is 2.78. The molecule has 1 heterocycles. The fraction of sp³-hybridized carbons (Fsp3) is 0.267. The van der Waals surface area contributed by atoms with Gasteiger partial charge in [-0.15, -0.1) is 11.3 Å². The van der Waals surface area contributed by atoms with Gasteiger partial charge in [0.15, 0.2) is 0 Å². The smallest absolute Gasteiger partial charge is 0.239 e. The summed E-state index contributed by atoms with van der Waals surface area (Å²) < 4.78 is 0. The van der Waals surface area contributed by atoms with Crippen molar-refractivity contribution >= 4 is 34.5 Å². The van der Waals surface area contributed by atoms with Crippen LogP contribution in [0.4, 0.5) is 5.69 Å². The molecule has 0 aliphatic rings. The Kier molecular flexibility index (Phi) is 5.04. The average Bonchev–Trinajstić information content (AvgIpc) is 2.94. The van der Waals surface area contributed by atoms with Crippen LogP contribution >= 0.6 is 22.9 Å². The Morgan fingerprint density at radius 3 is 2.85 bits per heavy atom. The van der Waals surface area contributed by atoms with Crippen molar-refractivity contribution in [3.63, 3.8) is 0 Å². The number of rotatable bonds is 5. The van der Waals surface area contributed by atoms with Crippen molar-refractivity contribution in [3.05, 3.63) is 51.2 Å². The second-order valence-corrected chi connectivity index (χ2v) is 5.96. The number of amides is 1. The second kappa shape index (κ2) is 6.77. The lowest BCUT2D eigenvalue weighted by molar-refractivity contribution is -0.120. The van der Waals surface area contributed by atoms with E-state index in [1.54, 1.807) is 11.3 Å². The predicted molar refractivity (Wildman–Crippen MR) is 85.6 cm³/mol. The van der Waals surface area contributed by atoms with Crippen molar-refractivity contribution in [2.45, 2.75) is 19.9 Å². The van der Waals surface area contributed by atoms with Crippen molar-refractivity contribution in [1.29, 1.82) is 0 Å². The van der Waals surface area contributed by atoms with Gasteiger partial charge in [-0.25, -0.2) is 0 Å². The van der Waals surface area contributed by atoms with Crippen LogP contribution in [0.5, 0.6) is 0 Å². The molecule has 2 rings (SSSR count). The third-order valence-corrected chi connectivity index (χ3v) is 4.52. The van der Waals surface area contributed by atoms with Gasteiger partial charge >= 0.3 is 0 Å². The summed E-state index contributed by atoms with van der Waals surface area (Å²) in [5.41, 5.74) is 1.84. The summed E-state index contributed by atoms with van der Waals surface area (Å²) in [4.78, 5) is 13.1. The first kappa shape index (κ1) is 14.9. The lowest BCUT2D eigenvalue weighted by atomic mass is 10.2. The first-order chi connectivity index (χ1) is 9.58.